The second-order valence-electron chi connectivity index (χ2n) is 14.4. The molecule has 0 aromatic heterocycles. The topological polar surface area (TPSA) is 96.2 Å². The highest BCUT2D eigenvalue weighted by Crippen LogP contribution is 2.45. The first-order chi connectivity index (χ1) is 22.4. The van der Waals surface area contributed by atoms with Crippen LogP contribution in [-0.2, 0) is 14.3 Å². The van der Waals surface area contributed by atoms with E-state index in [9.17, 15) is 15.0 Å². The summed E-state index contributed by atoms with van der Waals surface area (Å²) >= 11 is 0. The number of unbranched alkanes of at least 4 members (excludes halogenated alkanes) is 12. The predicted molar refractivity (Wildman–Crippen MR) is 190 cm³/mol. The molecule has 7 atom stereocenters. The van der Waals surface area contributed by atoms with Gasteiger partial charge in [0, 0.05) is 37.7 Å². The van der Waals surface area contributed by atoms with Gasteiger partial charge in [-0.05, 0) is 56.9 Å². The summed E-state index contributed by atoms with van der Waals surface area (Å²) in [4.78, 5) is 10.5. The Bertz CT molecular complexity index is 825. The molecule has 6 nitrogen and oxygen atoms in total. The molecular weight excluding hydrogens is 576 g/mol. The van der Waals surface area contributed by atoms with Gasteiger partial charge in [0.2, 0.25) is 0 Å². The molecule has 0 radical (unpaired) electrons. The van der Waals surface area contributed by atoms with E-state index in [0.717, 1.165) is 50.4 Å². The number of rotatable bonds is 23. The first-order valence-corrected chi connectivity index (χ1v) is 19.6. The first-order valence-electron chi connectivity index (χ1n) is 19.6. The zero-order chi connectivity index (χ0) is 33.4. The van der Waals surface area contributed by atoms with Gasteiger partial charge in [-0.15, -0.1) is 0 Å². The SMILES string of the molecule is CCCCCCCC[C@H]1OCCC[C@@H]1CCCCCCC.CCCCC[C@H](O)/C=C/[C@@H]1[C@H]2C/C(=C/CCCC(=O)O)O[C@H]2C[C@H]1O. The fourth-order valence-electron chi connectivity index (χ4n) is 7.54. The van der Waals surface area contributed by atoms with Gasteiger partial charge >= 0.3 is 5.97 Å². The molecule has 3 N–H and O–H groups in total. The Kier molecular flexibility index (Phi) is 22.7. The van der Waals surface area contributed by atoms with Crippen LogP contribution in [0.5, 0.6) is 0 Å². The summed E-state index contributed by atoms with van der Waals surface area (Å²) in [5.41, 5.74) is 0. The fraction of sp³-hybridized carbons (Fsp3) is 0.875. The van der Waals surface area contributed by atoms with Crippen molar-refractivity contribution in [3.63, 3.8) is 0 Å². The van der Waals surface area contributed by atoms with Gasteiger partial charge in [0.15, 0.2) is 0 Å². The van der Waals surface area contributed by atoms with Crippen molar-refractivity contribution >= 4 is 5.97 Å². The Morgan fingerprint density at radius 1 is 0.891 bits per heavy atom. The van der Waals surface area contributed by atoms with Gasteiger partial charge in [-0.3, -0.25) is 4.79 Å². The van der Waals surface area contributed by atoms with Crippen LogP contribution in [-0.4, -0.2) is 52.3 Å². The normalized spacial score (nSPS) is 27.4. The number of carboxylic acid groups (broad SMARTS) is 1. The Morgan fingerprint density at radius 2 is 1.54 bits per heavy atom. The third kappa shape index (κ3) is 17.2. The zero-order valence-corrected chi connectivity index (χ0v) is 30.0. The van der Waals surface area contributed by atoms with Gasteiger partial charge in [0.1, 0.15) is 6.10 Å². The van der Waals surface area contributed by atoms with Gasteiger partial charge in [-0.25, -0.2) is 0 Å². The number of aliphatic hydroxyl groups excluding tert-OH is 2. The van der Waals surface area contributed by atoms with Crippen molar-refractivity contribution in [2.75, 3.05) is 6.61 Å². The number of carbonyl (C=O) groups is 1. The summed E-state index contributed by atoms with van der Waals surface area (Å²) in [6.07, 6.45) is 33.5. The van der Waals surface area contributed by atoms with Crippen molar-refractivity contribution in [2.45, 2.75) is 199 Å². The summed E-state index contributed by atoms with van der Waals surface area (Å²) in [6, 6.07) is 0. The van der Waals surface area contributed by atoms with E-state index >= 15 is 0 Å². The largest absolute Gasteiger partial charge is 0.495 e. The van der Waals surface area contributed by atoms with Crippen LogP contribution < -0.4 is 0 Å². The summed E-state index contributed by atoms with van der Waals surface area (Å²) in [5.74, 6) is 1.30. The van der Waals surface area contributed by atoms with Crippen LogP contribution in [0.4, 0.5) is 0 Å². The summed E-state index contributed by atoms with van der Waals surface area (Å²) in [5, 5.41) is 29.0. The van der Waals surface area contributed by atoms with Crippen LogP contribution in [0, 0.1) is 17.8 Å². The number of aliphatic hydroxyl groups is 2. The van der Waals surface area contributed by atoms with Crippen molar-refractivity contribution < 1.29 is 29.6 Å². The predicted octanol–water partition coefficient (Wildman–Crippen LogP) is 10.3. The molecule has 0 spiro atoms. The van der Waals surface area contributed by atoms with Gasteiger partial charge in [0.05, 0.1) is 24.1 Å². The molecule has 46 heavy (non-hydrogen) atoms. The van der Waals surface area contributed by atoms with E-state index in [1.807, 2.05) is 18.2 Å². The Hall–Kier alpha value is -1.37. The number of allylic oxidation sites excluding steroid dienone is 2. The quantitative estimate of drug-likeness (QED) is 0.0754. The van der Waals surface area contributed by atoms with E-state index in [2.05, 4.69) is 20.8 Å². The molecule has 3 fully saturated rings. The average Bonchev–Trinajstić information content (AvgIpc) is 3.56. The molecule has 0 aromatic rings. The smallest absolute Gasteiger partial charge is 0.303 e. The minimum atomic E-state index is -0.770. The molecule has 0 bridgehead atoms. The second kappa shape index (κ2) is 25.6. The molecule has 0 aromatic carbocycles. The maximum atomic E-state index is 10.5. The van der Waals surface area contributed by atoms with Gasteiger partial charge in [0.25, 0.3) is 0 Å². The zero-order valence-electron chi connectivity index (χ0n) is 30.0. The molecule has 1 saturated carbocycles. The number of ether oxygens (including phenoxy) is 2. The highest BCUT2D eigenvalue weighted by molar-refractivity contribution is 5.66. The second-order valence-corrected chi connectivity index (χ2v) is 14.4. The molecule has 2 aliphatic heterocycles. The van der Waals surface area contributed by atoms with E-state index in [-0.39, 0.29) is 24.4 Å². The van der Waals surface area contributed by atoms with Crippen molar-refractivity contribution in [1.29, 1.82) is 0 Å². The molecule has 6 heteroatoms. The van der Waals surface area contributed by atoms with E-state index < -0.39 is 18.2 Å². The summed E-state index contributed by atoms with van der Waals surface area (Å²) < 4.78 is 12.0. The van der Waals surface area contributed by atoms with Crippen LogP contribution in [0.15, 0.2) is 24.0 Å². The molecule has 1 aliphatic carbocycles. The number of aliphatic carboxylic acids is 1. The molecule has 268 valence electrons. The lowest BCUT2D eigenvalue weighted by Crippen LogP contribution is -2.29. The summed E-state index contributed by atoms with van der Waals surface area (Å²) in [6.45, 7) is 7.75. The molecule has 2 heterocycles. The van der Waals surface area contributed by atoms with Crippen molar-refractivity contribution in [2.24, 2.45) is 17.8 Å². The highest BCUT2D eigenvalue weighted by Gasteiger charge is 2.47. The van der Waals surface area contributed by atoms with Gasteiger partial charge < -0.3 is 24.8 Å². The number of carboxylic acids is 1. The van der Waals surface area contributed by atoms with Crippen molar-refractivity contribution in [1.82, 2.24) is 0 Å². The van der Waals surface area contributed by atoms with Crippen molar-refractivity contribution in [3.8, 4) is 0 Å². The Balaban J connectivity index is 0.000000326. The van der Waals surface area contributed by atoms with Crippen LogP contribution in [0.25, 0.3) is 0 Å². The van der Waals surface area contributed by atoms with Gasteiger partial charge in [-0.1, -0.05) is 123 Å². The minimum absolute atomic E-state index is 0.0238. The van der Waals surface area contributed by atoms with E-state index in [1.54, 1.807) is 0 Å². The maximum Gasteiger partial charge on any atom is 0.303 e. The molecule has 2 saturated heterocycles. The minimum Gasteiger partial charge on any atom is -0.495 e. The van der Waals surface area contributed by atoms with E-state index in [1.165, 1.54) is 96.3 Å². The highest BCUT2D eigenvalue weighted by atomic mass is 16.5. The maximum absolute atomic E-state index is 10.5. The van der Waals surface area contributed by atoms with Crippen LogP contribution in [0.3, 0.4) is 0 Å². The van der Waals surface area contributed by atoms with Gasteiger partial charge in [-0.2, -0.15) is 0 Å². The number of fused-ring (bicyclic) bond motifs is 1. The molecule has 0 unspecified atom stereocenters. The number of hydrogen-bond acceptors (Lipinski definition) is 5. The number of hydrogen-bond donors (Lipinski definition) is 3. The molecule has 3 aliphatic rings. The van der Waals surface area contributed by atoms with Crippen LogP contribution in [0.2, 0.25) is 0 Å². The van der Waals surface area contributed by atoms with E-state index in [4.69, 9.17) is 14.6 Å². The Labute approximate surface area is 282 Å². The first kappa shape index (κ1) is 40.8. The monoisotopic (exact) mass is 649 g/mol. The lowest BCUT2D eigenvalue weighted by Gasteiger charge is -2.32. The third-order valence-corrected chi connectivity index (χ3v) is 10.4. The fourth-order valence-corrected chi connectivity index (χ4v) is 7.54. The molecule has 0 amide bonds. The lowest BCUT2D eigenvalue weighted by molar-refractivity contribution is -0.137. The van der Waals surface area contributed by atoms with E-state index in [0.29, 0.717) is 25.4 Å². The third-order valence-electron chi connectivity index (χ3n) is 10.4. The van der Waals surface area contributed by atoms with Crippen LogP contribution in [0.1, 0.15) is 175 Å². The molecule has 3 rings (SSSR count). The Morgan fingerprint density at radius 3 is 2.24 bits per heavy atom. The summed E-state index contributed by atoms with van der Waals surface area (Å²) in [7, 11) is 0. The average molecular weight is 649 g/mol. The lowest BCUT2D eigenvalue weighted by atomic mass is 9.86. The standard InChI is InChI=1S/C20H32O5.C20H40O/c1-2-3-4-7-14(21)10-11-16-17-12-15(8-5-6-9-20(23)24)25-19(17)13-18(16)22;1-3-5-7-9-11-13-17-20-19(16-14-18-21-20)15-12-10-8-6-4-2/h8,10-11,14,16-19,21-22H,2-7,9,12-13H2,1H3,(H,23,24);19-20H,3-18H2,1-2H3/b11-10+,15-8-;/t14-,16+,17+,18+,19-;19-,20+/m00/s1. The molecular formula is C40H72O6. The van der Waals surface area contributed by atoms with Crippen molar-refractivity contribution in [3.05, 3.63) is 24.0 Å². The van der Waals surface area contributed by atoms with Crippen LogP contribution >= 0.6 is 0 Å².